The molecule has 2 amide bonds. The SMILES string of the molecule is O=C1CC(N2C(=O)CCC2=O)[C@H]2CO[C@@H]1O2. The summed E-state index contributed by atoms with van der Waals surface area (Å²) in [7, 11) is 0. The number of rotatable bonds is 1. The third kappa shape index (κ3) is 1.30. The number of hydrogen-bond acceptors (Lipinski definition) is 5. The van der Waals surface area contributed by atoms with Crippen molar-refractivity contribution in [2.24, 2.45) is 0 Å². The van der Waals surface area contributed by atoms with Crippen LogP contribution in [0.25, 0.3) is 0 Å². The molecule has 3 atom stereocenters. The van der Waals surface area contributed by atoms with Crippen LogP contribution in [-0.2, 0) is 23.9 Å². The summed E-state index contributed by atoms with van der Waals surface area (Å²) in [5, 5.41) is 0. The van der Waals surface area contributed by atoms with Gasteiger partial charge in [0.1, 0.15) is 6.10 Å². The standard InChI is InChI=1S/C10H11NO5/c12-6-3-5(7-4-15-10(6)16-7)11-8(13)1-2-9(11)14/h5,7,10H,1-4H2/t5?,7-,10-/m1/s1. The fraction of sp³-hybridized carbons (Fsp3) is 0.700. The van der Waals surface area contributed by atoms with Crippen molar-refractivity contribution in [2.45, 2.75) is 37.7 Å². The van der Waals surface area contributed by atoms with E-state index in [1.165, 1.54) is 4.90 Å². The Morgan fingerprint density at radius 1 is 1.12 bits per heavy atom. The average molecular weight is 225 g/mol. The van der Waals surface area contributed by atoms with Gasteiger partial charge in [-0.3, -0.25) is 19.3 Å². The van der Waals surface area contributed by atoms with Gasteiger partial charge in [0.05, 0.1) is 12.6 Å². The molecule has 0 aliphatic carbocycles. The van der Waals surface area contributed by atoms with Crippen LogP contribution >= 0.6 is 0 Å². The lowest BCUT2D eigenvalue weighted by molar-refractivity contribution is -0.163. The second-order valence-corrected chi connectivity index (χ2v) is 4.24. The van der Waals surface area contributed by atoms with Crippen LogP contribution in [0.15, 0.2) is 0 Å². The van der Waals surface area contributed by atoms with E-state index >= 15 is 0 Å². The molecule has 0 aromatic heterocycles. The number of hydrogen-bond donors (Lipinski definition) is 0. The van der Waals surface area contributed by atoms with Gasteiger partial charge in [-0.2, -0.15) is 0 Å². The Morgan fingerprint density at radius 3 is 2.50 bits per heavy atom. The molecule has 0 spiro atoms. The van der Waals surface area contributed by atoms with Crippen LogP contribution in [0.5, 0.6) is 0 Å². The third-order valence-electron chi connectivity index (χ3n) is 3.23. The van der Waals surface area contributed by atoms with Crippen LogP contribution in [0, 0.1) is 0 Å². The molecule has 0 radical (unpaired) electrons. The van der Waals surface area contributed by atoms with Crippen molar-refractivity contribution in [3.8, 4) is 0 Å². The lowest BCUT2D eigenvalue weighted by atomic mass is 10.0. The number of imide groups is 1. The number of Topliss-reactive ketones (excluding diaryl/α,β-unsaturated/α-hetero) is 1. The summed E-state index contributed by atoms with van der Waals surface area (Å²) in [4.78, 5) is 35.8. The lowest BCUT2D eigenvalue weighted by Gasteiger charge is -2.32. The Labute approximate surface area is 91.5 Å². The zero-order valence-electron chi connectivity index (χ0n) is 8.55. The van der Waals surface area contributed by atoms with E-state index in [1.54, 1.807) is 0 Å². The van der Waals surface area contributed by atoms with Gasteiger partial charge in [-0.1, -0.05) is 0 Å². The number of ketones is 1. The number of carbonyl (C=O) groups excluding carboxylic acids is 3. The van der Waals surface area contributed by atoms with Gasteiger partial charge in [-0.15, -0.1) is 0 Å². The highest BCUT2D eigenvalue weighted by atomic mass is 16.7. The summed E-state index contributed by atoms with van der Waals surface area (Å²) in [6.45, 7) is 0.276. The summed E-state index contributed by atoms with van der Waals surface area (Å²) in [5.41, 5.74) is 0. The van der Waals surface area contributed by atoms with Gasteiger partial charge in [-0.25, -0.2) is 0 Å². The summed E-state index contributed by atoms with van der Waals surface area (Å²) in [5.74, 6) is -0.611. The molecule has 6 nitrogen and oxygen atoms in total. The average Bonchev–Trinajstić information content (AvgIpc) is 2.81. The highest BCUT2D eigenvalue weighted by molar-refractivity contribution is 6.03. The van der Waals surface area contributed by atoms with E-state index in [2.05, 4.69) is 0 Å². The molecule has 3 heterocycles. The van der Waals surface area contributed by atoms with Crippen LogP contribution in [-0.4, -0.2) is 47.5 Å². The van der Waals surface area contributed by atoms with Gasteiger partial charge < -0.3 is 9.47 Å². The van der Waals surface area contributed by atoms with Gasteiger partial charge in [0.25, 0.3) is 0 Å². The zero-order chi connectivity index (χ0) is 11.3. The minimum Gasteiger partial charge on any atom is -0.343 e. The molecule has 0 saturated carbocycles. The number of amides is 2. The van der Waals surface area contributed by atoms with E-state index in [0.29, 0.717) is 0 Å². The molecule has 0 N–H and O–H groups in total. The summed E-state index contributed by atoms with van der Waals surface area (Å²) in [6.07, 6.45) is -0.490. The van der Waals surface area contributed by atoms with Crippen LogP contribution in [0.1, 0.15) is 19.3 Å². The minimum atomic E-state index is -0.783. The first-order valence-corrected chi connectivity index (χ1v) is 5.31. The first kappa shape index (κ1) is 9.92. The van der Waals surface area contributed by atoms with Crippen LogP contribution < -0.4 is 0 Å². The monoisotopic (exact) mass is 225 g/mol. The van der Waals surface area contributed by atoms with Crippen molar-refractivity contribution in [2.75, 3.05) is 6.61 Å². The molecule has 3 aliphatic heterocycles. The fourth-order valence-electron chi connectivity index (χ4n) is 2.45. The van der Waals surface area contributed by atoms with Crippen LogP contribution in [0.3, 0.4) is 0 Å². The highest BCUT2D eigenvalue weighted by Crippen LogP contribution is 2.30. The van der Waals surface area contributed by atoms with Crippen molar-refractivity contribution in [1.29, 1.82) is 0 Å². The second-order valence-electron chi connectivity index (χ2n) is 4.24. The van der Waals surface area contributed by atoms with Crippen molar-refractivity contribution in [3.05, 3.63) is 0 Å². The second kappa shape index (κ2) is 3.36. The van der Waals surface area contributed by atoms with E-state index in [4.69, 9.17) is 9.47 Å². The maximum Gasteiger partial charge on any atom is 0.230 e. The van der Waals surface area contributed by atoms with Gasteiger partial charge >= 0.3 is 0 Å². The molecular formula is C10H11NO5. The predicted molar refractivity (Wildman–Crippen MR) is 49.1 cm³/mol. The smallest absolute Gasteiger partial charge is 0.230 e. The molecule has 1 unspecified atom stereocenters. The molecule has 16 heavy (non-hydrogen) atoms. The molecule has 2 bridgehead atoms. The van der Waals surface area contributed by atoms with Gasteiger partial charge in [0.2, 0.25) is 18.1 Å². The van der Waals surface area contributed by atoms with Crippen LogP contribution in [0.4, 0.5) is 0 Å². The number of likely N-dealkylation sites (tertiary alicyclic amines) is 1. The molecule has 6 heteroatoms. The Hall–Kier alpha value is -1.27. The first-order valence-electron chi connectivity index (χ1n) is 5.31. The third-order valence-corrected chi connectivity index (χ3v) is 3.23. The Bertz CT molecular complexity index is 363. The number of carbonyl (C=O) groups is 3. The lowest BCUT2D eigenvalue weighted by Crippen LogP contribution is -2.51. The quantitative estimate of drug-likeness (QED) is 0.547. The molecule has 3 aliphatic rings. The normalized spacial score (nSPS) is 38.6. The maximum atomic E-state index is 11.6. The Balaban J connectivity index is 1.86. The van der Waals surface area contributed by atoms with E-state index in [1.807, 2.05) is 0 Å². The zero-order valence-corrected chi connectivity index (χ0v) is 8.55. The molecule has 3 fully saturated rings. The largest absolute Gasteiger partial charge is 0.343 e. The summed E-state index contributed by atoms with van der Waals surface area (Å²) in [6, 6.07) is -0.464. The van der Waals surface area contributed by atoms with E-state index in [9.17, 15) is 14.4 Å². The highest BCUT2D eigenvalue weighted by Gasteiger charge is 2.49. The van der Waals surface area contributed by atoms with Crippen molar-refractivity contribution < 1.29 is 23.9 Å². The maximum absolute atomic E-state index is 11.6. The molecule has 0 aromatic carbocycles. The molecule has 3 rings (SSSR count). The van der Waals surface area contributed by atoms with Crippen LogP contribution in [0.2, 0.25) is 0 Å². The Kier molecular flexibility index (Phi) is 2.08. The van der Waals surface area contributed by atoms with Gasteiger partial charge in [0.15, 0.2) is 5.78 Å². The van der Waals surface area contributed by atoms with Gasteiger partial charge in [0, 0.05) is 19.3 Å². The topological polar surface area (TPSA) is 72.9 Å². The molecule has 86 valence electrons. The number of nitrogens with zero attached hydrogens (tertiary/aromatic N) is 1. The Morgan fingerprint density at radius 2 is 1.81 bits per heavy atom. The number of fused-ring (bicyclic) bond motifs is 2. The molecule has 0 aromatic rings. The van der Waals surface area contributed by atoms with Crippen molar-refractivity contribution in [3.63, 3.8) is 0 Å². The summed E-state index contributed by atoms with van der Waals surface area (Å²) >= 11 is 0. The van der Waals surface area contributed by atoms with Crippen molar-refractivity contribution >= 4 is 17.6 Å². The minimum absolute atomic E-state index is 0.160. The molecule has 3 saturated heterocycles. The molecular weight excluding hydrogens is 214 g/mol. The van der Waals surface area contributed by atoms with E-state index in [-0.39, 0.29) is 49.6 Å². The predicted octanol–water partition coefficient (Wildman–Crippen LogP) is -0.782. The summed E-state index contributed by atoms with van der Waals surface area (Å²) < 4.78 is 10.4. The fourth-order valence-corrected chi connectivity index (χ4v) is 2.45. The van der Waals surface area contributed by atoms with Gasteiger partial charge in [-0.05, 0) is 0 Å². The van der Waals surface area contributed by atoms with E-state index in [0.717, 1.165) is 0 Å². The van der Waals surface area contributed by atoms with Crippen molar-refractivity contribution in [1.82, 2.24) is 4.90 Å². The number of ether oxygens (including phenoxy) is 2. The van der Waals surface area contributed by atoms with E-state index < -0.39 is 12.3 Å². The first-order chi connectivity index (χ1) is 7.66.